The van der Waals surface area contributed by atoms with E-state index in [0.717, 1.165) is 10.4 Å². The molecular weight excluding hydrogens is 401 g/mol. The number of halogens is 1. The van der Waals surface area contributed by atoms with Crippen molar-refractivity contribution in [1.29, 1.82) is 0 Å². The Labute approximate surface area is 167 Å². The Bertz CT molecular complexity index is 1050. The van der Waals surface area contributed by atoms with Crippen LogP contribution in [0.2, 0.25) is 0 Å². The molecule has 0 radical (unpaired) electrons. The highest BCUT2D eigenvalue weighted by Gasteiger charge is 2.24. The highest BCUT2D eigenvalue weighted by molar-refractivity contribution is 7.89. The van der Waals surface area contributed by atoms with Crippen LogP contribution in [0.5, 0.6) is 11.5 Å². The predicted octanol–water partition coefficient (Wildman–Crippen LogP) is 2.66. The van der Waals surface area contributed by atoms with E-state index in [9.17, 15) is 12.8 Å². The lowest BCUT2D eigenvalue weighted by Crippen LogP contribution is -2.29. The summed E-state index contributed by atoms with van der Waals surface area (Å²) in [4.78, 5) is 3.81. The molecule has 0 atom stereocenters. The van der Waals surface area contributed by atoms with E-state index in [1.165, 1.54) is 25.2 Å². The molecule has 0 fully saturated rings. The summed E-state index contributed by atoms with van der Waals surface area (Å²) in [5, 5.41) is 3.82. The van der Waals surface area contributed by atoms with Crippen LogP contribution in [0.4, 0.5) is 4.39 Å². The minimum Gasteiger partial charge on any atom is -0.497 e. The van der Waals surface area contributed by atoms with Crippen LogP contribution in [0.15, 0.2) is 57.9 Å². The fourth-order valence-corrected chi connectivity index (χ4v) is 3.70. The van der Waals surface area contributed by atoms with Gasteiger partial charge >= 0.3 is 0 Å². The summed E-state index contributed by atoms with van der Waals surface area (Å²) in [7, 11) is -0.999. The highest BCUT2D eigenvalue weighted by Crippen LogP contribution is 2.19. The van der Waals surface area contributed by atoms with Crippen molar-refractivity contribution >= 4 is 10.0 Å². The third-order valence-electron chi connectivity index (χ3n) is 4.11. The largest absolute Gasteiger partial charge is 0.497 e. The van der Waals surface area contributed by atoms with Gasteiger partial charge in [0.2, 0.25) is 10.0 Å². The van der Waals surface area contributed by atoms with Gasteiger partial charge in [0.1, 0.15) is 22.2 Å². The van der Waals surface area contributed by atoms with E-state index < -0.39 is 15.8 Å². The third kappa shape index (κ3) is 5.09. The van der Waals surface area contributed by atoms with Gasteiger partial charge in [-0.25, -0.2) is 17.1 Å². The summed E-state index contributed by atoms with van der Waals surface area (Å²) < 4.78 is 55.6. The molecule has 8 nitrogen and oxygen atoms in total. The Morgan fingerprint density at radius 2 is 1.79 bits per heavy atom. The van der Waals surface area contributed by atoms with E-state index in [1.54, 1.807) is 31.4 Å². The predicted molar refractivity (Wildman–Crippen MR) is 102 cm³/mol. The number of aromatic nitrogens is 2. The molecule has 10 heteroatoms. The van der Waals surface area contributed by atoms with Crippen LogP contribution >= 0.6 is 0 Å². The van der Waals surface area contributed by atoms with Gasteiger partial charge in [0.15, 0.2) is 12.4 Å². The normalized spacial score (nSPS) is 11.6. The summed E-state index contributed by atoms with van der Waals surface area (Å²) >= 11 is 0. The van der Waals surface area contributed by atoms with Gasteiger partial charge < -0.3 is 14.0 Å². The van der Waals surface area contributed by atoms with Crippen LogP contribution in [0.1, 0.15) is 11.7 Å². The van der Waals surface area contributed by atoms with Crippen molar-refractivity contribution in [2.75, 3.05) is 20.7 Å². The lowest BCUT2D eigenvalue weighted by molar-refractivity contribution is 0.242. The van der Waals surface area contributed by atoms with Gasteiger partial charge in [0.25, 0.3) is 5.89 Å². The number of likely N-dealkylation sites (N-methyl/N-ethyl adjacent to an activating group) is 1. The van der Waals surface area contributed by atoms with Crippen molar-refractivity contribution in [2.45, 2.75) is 17.9 Å². The van der Waals surface area contributed by atoms with Gasteiger partial charge in [-0.2, -0.15) is 4.98 Å². The van der Waals surface area contributed by atoms with E-state index in [-0.39, 0.29) is 30.4 Å². The van der Waals surface area contributed by atoms with Gasteiger partial charge in [0.05, 0.1) is 7.11 Å². The maximum Gasteiger partial charge on any atom is 0.264 e. The van der Waals surface area contributed by atoms with Crippen molar-refractivity contribution in [3.05, 3.63) is 66.1 Å². The Morgan fingerprint density at radius 1 is 1.10 bits per heavy atom. The molecule has 0 saturated heterocycles. The van der Waals surface area contributed by atoms with Crippen LogP contribution in [0.3, 0.4) is 0 Å². The van der Waals surface area contributed by atoms with E-state index >= 15 is 0 Å². The van der Waals surface area contributed by atoms with Crippen LogP contribution < -0.4 is 9.47 Å². The SMILES string of the molecule is COc1ccc(OCc2nc(CCN(C)S(=O)(=O)c3ccccc3F)no2)cc1. The van der Waals surface area contributed by atoms with Gasteiger partial charge in [-0.15, -0.1) is 0 Å². The average Bonchev–Trinajstić information content (AvgIpc) is 3.19. The van der Waals surface area contributed by atoms with Crippen molar-refractivity contribution in [3.8, 4) is 11.5 Å². The maximum atomic E-state index is 13.8. The topological polar surface area (TPSA) is 94.8 Å². The second-order valence-corrected chi connectivity index (χ2v) is 8.09. The third-order valence-corrected chi connectivity index (χ3v) is 6.00. The molecule has 0 amide bonds. The average molecular weight is 421 g/mol. The minimum absolute atomic E-state index is 0.0645. The maximum absolute atomic E-state index is 13.8. The van der Waals surface area contributed by atoms with Gasteiger partial charge in [-0.05, 0) is 36.4 Å². The molecule has 0 unspecified atom stereocenters. The van der Waals surface area contributed by atoms with Crippen molar-refractivity contribution in [3.63, 3.8) is 0 Å². The molecule has 29 heavy (non-hydrogen) atoms. The minimum atomic E-state index is -3.95. The quantitative estimate of drug-likeness (QED) is 0.524. The molecule has 3 rings (SSSR count). The fraction of sp³-hybridized carbons (Fsp3) is 0.263. The number of sulfonamides is 1. The van der Waals surface area contributed by atoms with Crippen molar-refractivity contribution < 1.29 is 26.8 Å². The molecule has 0 aliphatic rings. The Hall–Kier alpha value is -2.98. The standard InChI is InChI=1S/C19H20FN3O5S/c1-23(29(24,25)17-6-4-3-5-16(17)20)12-11-18-21-19(28-22-18)13-27-15-9-7-14(26-2)8-10-15/h3-10H,11-13H2,1-2H3. The summed E-state index contributed by atoms with van der Waals surface area (Å²) in [5.74, 6) is 1.12. The van der Waals surface area contributed by atoms with Crippen LogP contribution in [0, 0.1) is 5.82 Å². The fourth-order valence-electron chi connectivity index (χ4n) is 2.47. The first kappa shape index (κ1) is 20.7. The van der Waals surface area contributed by atoms with Gasteiger partial charge in [-0.3, -0.25) is 0 Å². The Kier molecular flexibility index (Phi) is 6.45. The van der Waals surface area contributed by atoms with Gasteiger partial charge in [-0.1, -0.05) is 17.3 Å². The lowest BCUT2D eigenvalue weighted by atomic mass is 10.3. The number of hydrogen-bond acceptors (Lipinski definition) is 7. The first-order chi connectivity index (χ1) is 13.9. The summed E-state index contributed by atoms with van der Waals surface area (Å²) in [6.07, 6.45) is 0.205. The Balaban J connectivity index is 1.55. The smallest absolute Gasteiger partial charge is 0.264 e. The van der Waals surface area contributed by atoms with Crippen LogP contribution in [0.25, 0.3) is 0 Å². The molecule has 0 N–H and O–H groups in total. The zero-order valence-electron chi connectivity index (χ0n) is 15.9. The molecule has 154 valence electrons. The number of rotatable bonds is 9. The first-order valence-corrected chi connectivity index (χ1v) is 10.1. The monoisotopic (exact) mass is 421 g/mol. The number of benzene rings is 2. The molecule has 3 aromatic rings. The molecule has 2 aromatic carbocycles. The number of methoxy groups -OCH3 is 1. The summed E-state index contributed by atoms with van der Waals surface area (Å²) in [6.45, 7) is 0.137. The van der Waals surface area contributed by atoms with E-state index in [4.69, 9.17) is 14.0 Å². The van der Waals surface area contributed by atoms with Crippen molar-refractivity contribution in [1.82, 2.24) is 14.4 Å². The molecule has 0 spiro atoms. The molecule has 0 bridgehead atoms. The first-order valence-electron chi connectivity index (χ1n) is 8.69. The van der Waals surface area contributed by atoms with E-state index in [1.807, 2.05) is 0 Å². The molecule has 1 aromatic heterocycles. The molecule has 0 aliphatic heterocycles. The van der Waals surface area contributed by atoms with E-state index in [0.29, 0.717) is 17.3 Å². The molecule has 1 heterocycles. The van der Waals surface area contributed by atoms with Crippen LogP contribution in [-0.2, 0) is 23.1 Å². The zero-order valence-corrected chi connectivity index (χ0v) is 16.7. The molecule has 0 saturated carbocycles. The number of ether oxygens (including phenoxy) is 2. The Morgan fingerprint density at radius 3 is 2.48 bits per heavy atom. The summed E-state index contributed by atoms with van der Waals surface area (Å²) in [6, 6.07) is 12.3. The molecular formula is C19H20FN3O5S. The second kappa shape index (κ2) is 9.01. The summed E-state index contributed by atoms with van der Waals surface area (Å²) in [5.41, 5.74) is 0. The van der Waals surface area contributed by atoms with E-state index in [2.05, 4.69) is 10.1 Å². The highest BCUT2D eigenvalue weighted by atomic mass is 32.2. The van der Waals surface area contributed by atoms with Crippen molar-refractivity contribution in [2.24, 2.45) is 0 Å². The lowest BCUT2D eigenvalue weighted by Gasteiger charge is -2.16. The van der Waals surface area contributed by atoms with Crippen LogP contribution in [-0.4, -0.2) is 43.6 Å². The van der Waals surface area contributed by atoms with Gasteiger partial charge in [0, 0.05) is 20.0 Å². The second-order valence-electron chi connectivity index (χ2n) is 6.08. The number of hydrogen-bond donors (Lipinski definition) is 0. The zero-order chi connectivity index (χ0) is 20.9. The number of nitrogens with zero attached hydrogens (tertiary/aromatic N) is 3. The molecule has 0 aliphatic carbocycles.